The first kappa shape index (κ1) is 20.0. The third kappa shape index (κ3) is 5.17. The molecule has 1 N–H and O–H groups in total. The summed E-state index contributed by atoms with van der Waals surface area (Å²) in [5.41, 5.74) is 4.56. The van der Waals surface area contributed by atoms with E-state index in [1.54, 1.807) is 11.3 Å². The number of hydrogen-bond acceptors (Lipinski definition) is 4. The lowest BCUT2D eigenvalue weighted by molar-refractivity contribution is -0.121. The lowest BCUT2D eigenvalue weighted by atomic mass is 10.0. The van der Waals surface area contributed by atoms with Gasteiger partial charge in [-0.3, -0.25) is 4.79 Å². The monoisotopic (exact) mass is 385 g/mol. The summed E-state index contributed by atoms with van der Waals surface area (Å²) in [5, 5.41) is 4.26. The highest BCUT2D eigenvalue weighted by Crippen LogP contribution is 2.31. The van der Waals surface area contributed by atoms with Crippen LogP contribution in [0.4, 0.5) is 0 Å². The van der Waals surface area contributed by atoms with E-state index in [-0.39, 0.29) is 11.9 Å². The number of likely N-dealkylation sites (tertiary alicyclic amines) is 1. The van der Waals surface area contributed by atoms with Gasteiger partial charge in [0, 0.05) is 23.0 Å². The SMILES string of the molecule is CC[C@@H](CN1CCCC1)NC(=O)Cc1sc(C)nc1-c1ccc(C)cc1C. The molecular weight excluding hydrogens is 354 g/mol. The zero-order valence-corrected chi connectivity index (χ0v) is 17.8. The van der Waals surface area contributed by atoms with Gasteiger partial charge in [0.2, 0.25) is 5.91 Å². The van der Waals surface area contributed by atoms with E-state index in [1.165, 1.54) is 24.0 Å². The summed E-state index contributed by atoms with van der Waals surface area (Å²) in [7, 11) is 0. The van der Waals surface area contributed by atoms with E-state index in [0.717, 1.165) is 47.2 Å². The molecule has 0 saturated carbocycles. The number of amides is 1. The fourth-order valence-corrected chi connectivity index (χ4v) is 4.81. The van der Waals surface area contributed by atoms with E-state index in [0.29, 0.717) is 6.42 Å². The molecule has 1 aromatic carbocycles. The van der Waals surface area contributed by atoms with Gasteiger partial charge < -0.3 is 10.2 Å². The summed E-state index contributed by atoms with van der Waals surface area (Å²) >= 11 is 1.64. The van der Waals surface area contributed by atoms with E-state index in [9.17, 15) is 4.79 Å². The Bertz CT molecular complexity index is 793. The predicted molar refractivity (Wildman–Crippen MR) is 113 cm³/mol. The Morgan fingerprint density at radius 1 is 1.26 bits per heavy atom. The minimum absolute atomic E-state index is 0.107. The number of nitrogens with zero attached hydrogens (tertiary/aromatic N) is 2. The molecular formula is C22H31N3OS. The van der Waals surface area contributed by atoms with Gasteiger partial charge in [0.1, 0.15) is 0 Å². The maximum atomic E-state index is 12.7. The molecule has 0 unspecified atom stereocenters. The Morgan fingerprint density at radius 2 is 2.00 bits per heavy atom. The molecule has 1 aliphatic rings. The van der Waals surface area contributed by atoms with Crippen molar-refractivity contribution >= 4 is 17.2 Å². The van der Waals surface area contributed by atoms with Crippen molar-refractivity contribution in [2.24, 2.45) is 0 Å². The maximum absolute atomic E-state index is 12.7. The van der Waals surface area contributed by atoms with Gasteiger partial charge in [0.25, 0.3) is 0 Å². The minimum atomic E-state index is 0.107. The third-order valence-electron chi connectivity index (χ3n) is 5.30. The van der Waals surface area contributed by atoms with Crippen molar-refractivity contribution in [3.8, 4) is 11.3 Å². The van der Waals surface area contributed by atoms with Crippen molar-refractivity contribution in [2.75, 3.05) is 19.6 Å². The molecule has 2 aromatic rings. The van der Waals surface area contributed by atoms with Crippen LogP contribution in [0.3, 0.4) is 0 Å². The van der Waals surface area contributed by atoms with Crippen molar-refractivity contribution in [1.82, 2.24) is 15.2 Å². The average Bonchev–Trinajstić information content (AvgIpc) is 3.24. The Morgan fingerprint density at radius 3 is 2.67 bits per heavy atom. The minimum Gasteiger partial charge on any atom is -0.352 e. The predicted octanol–water partition coefficient (Wildman–Crippen LogP) is 4.27. The lowest BCUT2D eigenvalue weighted by Gasteiger charge is -2.23. The van der Waals surface area contributed by atoms with Crippen molar-refractivity contribution < 1.29 is 4.79 Å². The van der Waals surface area contributed by atoms with E-state index >= 15 is 0 Å². The van der Waals surface area contributed by atoms with E-state index in [1.807, 2.05) is 6.92 Å². The molecule has 1 aliphatic heterocycles. The molecule has 0 bridgehead atoms. The third-order valence-corrected chi connectivity index (χ3v) is 6.27. The molecule has 2 heterocycles. The number of nitrogens with one attached hydrogen (secondary N) is 1. The molecule has 0 aliphatic carbocycles. The van der Waals surface area contributed by atoms with Gasteiger partial charge >= 0.3 is 0 Å². The highest BCUT2D eigenvalue weighted by molar-refractivity contribution is 7.12. The average molecular weight is 386 g/mol. The molecule has 3 rings (SSSR count). The quantitative estimate of drug-likeness (QED) is 0.774. The first-order chi connectivity index (χ1) is 13.0. The first-order valence-corrected chi connectivity index (χ1v) is 10.8. The molecule has 5 heteroatoms. The van der Waals surface area contributed by atoms with Crippen LogP contribution in [-0.2, 0) is 11.2 Å². The van der Waals surface area contributed by atoms with Gasteiger partial charge in [-0.15, -0.1) is 11.3 Å². The van der Waals surface area contributed by atoms with Gasteiger partial charge in [-0.2, -0.15) is 0 Å². The largest absolute Gasteiger partial charge is 0.352 e. The van der Waals surface area contributed by atoms with Crippen LogP contribution >= 0.6 is 11.3 Å². The second-order valence-electron chi connectivity index (χ2n) is 7.68. The van der Waals surface area contributed by atoms with Crippen LogP contribution in [0, 0.1) is 20.8 Å². The molecule has 1 fully saturated rings. The van der Waals surface area contributed by atoms with Crippen LogP contribution in [0.25, 0.3) is 11.3 Å². The van der Waals surface area contributed by atoms with Gasteiger partial charge in [-0.05, 0) is 58.7 Å². The van der Waals surface area contributed by atoms with Crippen LogP contribution in [0.5, 0.6) is 0 Å². The molecule has 27 heavy (non-hydrogen) atoms. The smallest absolute Gasteiger partial charge is 0.225 e. The Kier molecular flexibility index (Phi) is 6.66. The van der Waals surface area contributed by atoms with E-state index in [2.05, 4.69) is 49.2 Å². The second-order valence-corrected chi connectivity index (χ2v) is 8.97. The fourth-order valence-electron chi connectivity index (χ4n) is 3.86. The lowest BCUT2D eigenvalue weighted by Crippen LogP contribution is -2.43. The van der Waals surface area contributed by atoms with Crippen LogP contribution in [-0.4, -0.2) is 41.5 Å². The Balaban J connectivity index is 1.70. The molecule has 1 aromatic heterocycles. The van der Waals surface area contributed by atoms with Crippen molar-refractivity contribution in [2.45, 2.75) is 59.4 Å². The van der Waals surface area contributed by atoms with Gasteiger partial charge in [0.15, 0.2) is 0 Å². The van der Waals surface area contributed by atoms with E-state index < -0.39 is 0 Å². The number of rotatable bonds is 7. The molecule has 1 saturated heterocycles. The highest BCUT2D eigenvalue weighted by atomic mass is 32.1. The van der Waals surface area contributed by atoms with Crippen molar-refractivity contribution in [3.05, 3.63) is 39.2 Å². The molecule has 4 nitrogen and oxygen atoms in total. The molecule has 0 radical (unpaired) electrons. The second kappa shape index (κ2) is 8.98. The topological polar surface area (TPSA) is 45.2 Å². The Hall–Kier alpha value is -1.72. The summed E-state index contributed by atoms with van der Waals surface area (Å²) < 4.78 is 0. The summed E-state index contributed by atoms with van der Waals surface area (Å²) in [4.78, 5) is 21.0. The fraction of sp³-hybridized carbons (Fsp3) is 0.545. The van der Waals surface area contributed by atoms with Crippen LogP contribution in [0.2, 0.25) is 0 Å². The summed E-state index contributed by atoms with van der Waals surface area (Å²) in [6.45, 7) is 11.7. The normalized spacial score (nSPS) is 15.9. The zero-order valence-electron chi connectivity index (χ0n) is 17.0. The van der Waals surface area contributed by atoms with Gasteiger partial charge in [0.05, 0.1) is 17.1 Å². The summed E-state index contributed by atoms with van der Waals surface area (Å²) in [6.07, 6.45) is 3.94. The standard InChI is InChI=1S/C22H31N3OS/c1-5-18(14-25-10-6-7-11-25)24-21(26)13-20-22(23-17(4)27-20)19-9-8-15(2)12-16(19)3/h8-9,12,18H,5-7,10-11,13-14H2,1-4H3,(H,24,26)/t18-/m0/s1. The van der Waals surface area contributed by atoms with Gasteiger partial charge in [-0.1, -0.05) is 30.7 Å². The molecule has 1 amide bonds. The number of thiazole rings is 1. The van der Waals surface area contributed by atoms with Crippen LogP contribution in [0.1, 0.15) is 47.2 Å². The summed E-state index contributed by atoms with van der Waals surface area (Å²) in [5.74, 6) is 0.107. The number of hydrogen-bond donors (Lipinski definition) is 1. The van der Waals surface area contributed by atoms with Crippen LogP contribution < -0.4 is 5.32 Å². The molecule has 1 atom stereocenters. The van der Waals surface area contributed by atoms with Gasteiger partial charge in [-0.25, -0.2) is 4.98 Å². The zero-order chi connectivity index (χ0) is 19.4. The number of benzene rings is 1. The maximum Gasteiger partial charge on any atom is 0.225 e. The number of carbonyl (C=O) groups excluding carboxylic acids is 1. The summed E-state index contributed by atoms with van der Waals surface area (Å²) in [6, 6.07) is 6.65. The Labute approximate surface area is 167 Å². The number of aryl methyl sites for hydroxylation is 3. The highest BCUT2D eigenvalue weighted by Gasteiger charge is 2.20. The number of aromatic nitrogens is 1. The van der Waals surface area contributed by atoms with Crippen molar-refractivity contribution in [3.63, 3.8) is 0 Å². The number of carbonyl (C=O) groups is 1. The molecule has 0 spiro atoms. The molecule has 146 valence electrons. The first-order valence-electron chi connectivity index (χ1n) is 10.0. The van der Waals surface area contributed by atoms with E-state index in [4.69, 9.17) is 4.98 Å². The van der Waals surface area contributed by atoms with Crippen LogP contribution in [0.15, 0.2) is 18.2 Å². The van der Waals surface area contributed by atoms with Crippen molar-refractivity contribution in [1.29, 1.82) is 0 Å².